The molecule has 0 saturated heterocycles. The Kier molecular flexibility index (Phi) is 8.50. The van der Waals surface area contributed by atoms with E-state index in [1.807, 2.05) is 29.9 Å². The molecule has 2 aliphatic rings. The van der Waals surface area contributed by atoms with Gasteiger partial charge in [-0.2, -0.15) is 5.10 Å². The normalized spacial score (nSPS) is 23.5. The van der Waals surface area contributed by atoms with Gasteiger partial charge in [-0.25, -0.2) is 14.6 Å². The molecular formula is C22H34IN7O. The molecule has 8 nitrogen and oxygen atoms in total. The van der Waals surface area contributed by atoms with Gasteiger partial charge in [0.15, 0.2) is 5.96 Å². The van der Waals surface area contributed by atoms with Crippen LogP contribution >= 0.6 is 24.0 Å². The van der Waals surface area contributed by atoms with Crippen LogP contribution in [0.3, 0.4) is 0 Å². The Hall–Kier alpha value is -1.91. The second-order valence-corrected chi connectivity index (χ2v) is 8.57. The van der Waals surface area contributed by atoms with Crippen LogP contribution in [0.2, 0.25) is 0 Å². The molecule has 1 unspecified atom stereocenters. The molecule has 1 aliphatic carbocycles. The number of aryl methyl sites for hydroxylation is 2. The van der Waals surface area contributed by atoms with Crippen molar-refractivity contribution in [2.45, 2.75) is 77.6 Å². The summed E-state index contributed by atoms with van der Waals surface area (Å²) in [5, 5.41) is 11.4. The van der Waals surface area contributed by atoms with Gasteiger partial charge in [0, 0.05) is 38.3 Å². The molecule has 4 rings (SSSR count). The van der Waals surface area contributed by atoms with E-state index in [-0.39, 0.29) is 30.0 Å². The van der Waals surface area contributed by atoms with Crippen molar-refractivity contribution in [1.82, 2.24) is 30.4 Å². The number of aromatic nitrogens is 4. The molecule has 1 saturated carbocycles. The SMILES string of the molecule is CN=C(NCc1ccnc(OC2CCC(C)CC2)c1)NC1CCc2nc(C)nn2C1.I. The van der Waals surface area contributed by atoms with Crippen LogP contribution in [-0.2, 0) is 19.5 Å². The van der Waals surface area contributed by atoms with Crippen LogP contribution in [0.15, 0.2) is 23.3 Å². The Morgan fingerprint density at radius 2 is 2.06 bits per heavy atom. The summed E-state index contributed by atoms with van der Waals surface area (Å²) in [5.74, 6) is 4.24. The van der Waals surface area contributed by atoms with Crippen molar-refractivity contribution in [3.05, 3.63) is 35.5 Å². The number of fused-ring (bicyclic) bond motifs is 1. The largest absolute Gasteiger partial charge is 0.474 e. The second kappa shape index (κ2) is 11.1. The summed E-state index contributed by atoms with van der Waals surface area (Å²) >= 11 is 0. The third-order valence-electron chi connectivity index (χ3n) is 6.04. The number of nitrogens with zero attached hydrogens (tertiary/aromatic N) is 5. The number of pyridine rings is 1. The Bertz CT molecular complexity index is 876. The molecule has 170 valence electrons. The lowest BCUT2D eigenvalue weighted by Crippen LogP contribution is -2.46. The molecule has 1 atom stereocenters. The molecule has 0 radical (unpaired) electrons. The molecule has 0 aromatic carbocycles. The minimum Gasteiger partial charge on any atom is -0.474 e. The van der Waals surface area contributed by atoms with E-state index < -0.39 is 0 Å². The van der Waals surface area contributed by atoms with Gasteiger partial charge in [-0.1, -0.05) is 6.92 Å². The third kappa shape index (κ3) is 6.54. The summed E-state index contributed by atoms with van der Waals surface area (Å²) < 4.78 is 8.14. The molecule has 9 heteroatoms. The second-order valence-electron chi connectivity index (χ2n) is 8.57. The van der Waals surface area contributed by atoms with Gasteiger partial charge in [0.1, 0.15) is 17.8 Å². The Morgan fingerprint density at radius 3 is 2.84 bits per heavy atom. The predicted molar refractivity (Wildman–Crippen MR) is 132 cm³/mol. The molecule has 0 amide bonds. The molecule has 31 heavy (non-hydrogen) atoms. The first-order valence-electron chi connectivity index (χ1n) is 11.1. The quantitative estimate of drug-likeness (QED) is 0.345. The van der Waals surface area contributed by atoms with Gasteiger partial charge < -0.3 is 15.4 Å². The number of hydrogen-bond acceptors (Lipinski definition) is 5. The lowest BCUT2D eigenvalue weighted by atomic mass is 9.89. The van der Waals surface area contributed by atoms with Crippen LogP contribution < -0.4 is 15.4 Å². The zero-order valence-electron chi connectivity index (χ0n) is 18.7. The predicted octanol–water partition coefficient (Wildman–Crippen LogP) is 3.24. The van der Waals surface area contributed by atoms with Crippen molar-refractivity contribution in [2.75, 3.05) is 7.05 Å². The first-order valence-corrected chi connectivity index (χ1v) is 11.1. The molecule has 2 aromatic heterocycles. The van der Waals surface area contributed by atoms with E-state index in [2.05, 4.69) is 37.6 Å². The van der Waals surface area contributed by atoms with Gasteiger partial charge in [-0.3, -0.25) is 4.99 Å². The Morgan fingerprint density at radius 1 is 1.26 bits per heavy atom. The lowest BCUT2D eigenvalue weighted by Gasteiger charge is -2.26. The summed E-state index contributed by atoms with van der Waals surface area (Å²) in [5.41, 5.74) is 1.13. The van der Waals surface area contributed by atoms with E-state index in [1.54, 1.807) is 7.05 Å². The molecule has 3 heterocycles. The average Bonchev–Trinajstić information content (AvgIpc) is 3.12. The first-order chi connectivity index (χ1) is 14.6. The van der Waals surface area contributed by atoms with Gasteiger partial charge in [0.25, 0.3) is 0 Å². The van der Waals surface area contributed by atoms with Crippen molar-refractivity contribution in [1.29, 1.82) is 0 Å². The fraction of sp³-hybridized carbons (Fsp3) is 0.636. The number of guanidine groups is 1. The number of halogens is 1. The van der Waals surface area contributed by atoms with Crippen molar-refractivity contribution >= 4 is 29.9 Å². The van der Waals surface area contributed by atoms with E-state index in [0.717, 1.165) is 67.2 Å². The van der Waals surface area contributed by atoms with E-state index in [9.17, 15) is 0 Å². The molecule has 2 aromatic rings. The number of hydrogen-bond donors (Lipinski definition) is 2. The number of rotatable bonds is 5. The molecule has 0 spiro atoms. The van der Waals surface area contributed by atoms with E-state index in [0.29, 0.717) is 12.6 Å². The smallest absolute Gasteiger partial charge is 0.213 e. The highest BCUT2D eigenvalue weighted by Gasteiger charge is 2.22. The van der Waals surface area contributed by atoms with Crippen LogP contribution in [0.5, 0.6) is 5.88 Å². The van der Waals surface area contributed by atoms with Crippen molar-refractivity contribution in [3.8, 4) is 5.88 Å². The number of nitrogens with one attached hydrogen (secondary N) is 2. The summed E-state index contributed by atoms with van der Waals surface area (Å²) in [4.78, 5) is 13.3. The van der Waals surface area contributed by atoms with E-state index in [1.165, 1.54) is 12.8 Å². The molecule has 1 fully saturated rings. The van der Waals surface area contributed by atoms with Gasteiger partial charge in [0.05, 0.1) is 6.54 Å². The maximum atomic E-state index is 6.13. The molecule has 0 bridgehead atoms. The highest BCUT2D eigenvalue weighted by molar-refractivity contribution is 14.0. The minimum absolute atomic E-state index is 0. The molecular weight excluding hydrogens is 505 g/mol. The van der Waals surface area contributed by atoms with Crippen molar-refractivity contribution in [3.63, 3.8) is 0 Å². The van der Waals surface area contributed by atoms with Crippen LogP contribution in [0.4, 0.5) is 0 Å². The zero-order chi connectivity index (χ0) is 20.9. The molecule has 1 aliphatic heterocycles. The van der Waals surface area contributed by atoms with Crippen molar-refractivity contribution < 1.29 is 4.74 Å². The van der Waals surface area contributed by atoms with Crippen molar-refractivity contribution in [2.24, 2.45) is 10.9 Å². The minimum atomic E-state index is 0. The lowest BCUT2D eigenvalue weighted by molar-refractivity contribution is 0.130. The maximum Gasteiger partial charge on any atom is 0.213 e. The summed E-state index contributed by atoms with van der Waals surface area (Å²) in [6.45, 7) is 5.74. The topological polar surface area (TPSA) is 89.2 Å². The highest BCUT2D eigenvalue weighted by atomic mass is 127. The number of ether oxygens (including phenoxy) is 1. The first kappa shape index (κ1) is 23.7. The van der Waals surface area contributed by atoms with Crippen LogP contribution in [0.1, 0.15) is 56.2 Å². The summed E-state index contributed by atoms with van der Waals surface area (Å²) in [7, 11) is 1.80. The fourth-order valence-corrected chi connectivity index (χ4v) is 4.27. The van der Waals surface area contributed by atoms with Crippen LogP contribution in [0, 0.1) is 12.8 Å². The number of aliphatic imine (C=N–C) groups is 1. The van der Waals surface area contributed by atoms with Crippen LogP contribution in [-0.4, -0.2) is 44.9 Å². The fourth-order valence-electron chi connectivity index (χ4n) is 4.27. The maximum absolute atomic E-state index is 6.13. The van der Waals surface area contributed by atoms with E-state index in [4.69, 9.17) is 4.74 Å². The molecule has 2 N–H and O–H groups in total. The summed E-state index contributed by atoms with van der Waals surface area (Å²) in [6.07, 6.45) is 8.79. The zero-order valence-corrected chi connectivity index (χ0v) is 21.0. The van der Waals surface area contributed by atoms with Gasteiger partial charge in [-0.15, -0.1) is 24.0 Å². The van der Waals surface area contributed by atoms with Gasteiger partial charge >= 0.3 is 0 Å². The summed E-state index contributed by atoms with van der Waals surface area (Å²) in [6, 6.07) is 4.33. The van der Waals surface area contributed by atoms with Gasteiger partial charge in [-0.05, 0) is 56.6 Å². The Labute approximate surface area is 201 Å². The van der Waals surface area contributed by atoms with Crippen LogP contribution in [0.25, 0.3) is 0 Å². The highest BCUT2D eigenvalue weighted by Crippen LogP contribution is 2.26. The van der Waals surface area contributed by atoms with E-state index >= 15 is 0 Å². The van der Waals surface area contributed by atoms with Gasteiger partial charge in [0.2, 0.25) is 5.88 Å². The third-order valence-corrected chi connectivity index (χ3v) is 6.04. The Balaban J connectivity index is 0.00000272. The average molecular weight is 539 g/mol. The standard InChI is InChI=1S/C22H33N7O.HI/c1-15-4-7-19(8-5-15)30-21-12-17(10-11-24-21)13-25-22(23-3)27-18-6-9-20-26-16(2)28-29(20)14-18;/h10-12,15,18-19H,4-9,13-14H2,1-3H3,(H2,23,25,27);1H. The monoisotopic (exact) mass is 539 g/mol.